The molecule has 0 radical (unpaired) electrons. The van der Waals surface area contributed by atoms with Crippen LogP contribution in [0, 0.1) is 0 Å². The van der Waals surface area contributed by atoms with E-state index in [2.05, 4.69) is 17.1 Å². The van der Waals surface area contributed by atoms with Crippen LogP contribution in [0.5, 0.6) is 0 Å². The maximum Gasteiger partial charge on any atom is 0.159 e. The maximum atomic E-state index is 8.86. The Kier molecular flexibility index (Phi) is 5.05. The standard InChI is InChI=1S/C5H14N4O/c1-3-8-9(6)4-5(10)7-2/h5,8,10H,2-4,6H2,1H3. The van der Waals surface area contributed by atoms with Gasteiger partial charge in [-0.2, -0.15) is 5.12 Å². The summed E-state index contributed by atoms with van der Waals surface area (Å²) < 4.78 is 0. The first-order chi connectivity index (χ1) is 4.70. The summed E-state index contributed by atoms with van der Waals surface area (Å²) in [6, 6.07) is 0. The third kappa shape index (κ3) is 4.39. The highest BCUT2D eigenvalue weighted by Gasteiger charge is 2.02. The fourth-order valence-electron chi connectivity index (χ4n) is 0.501. The SMILES string of the molecule is C=NC(O)CN(N)NCC. The first-order valence-corrected chi connectivity index (χ1v) is 3.10. The number of aliphatic hydroxyl groups excluding tert-OH is 1. The quantitative estimate of drug-likeness (QED) is 0.256. The highest BCUT2D eigenvalue weighted by molar-refractivity contribution is 5.23. The van der Waals surface area contributed by atoms with Gasteiger partial charge in [0.1, 0.15) is 0 Å². The molecule has 0 aromatic heterocycles. The Morgan fingerprint density at radius 2 is 2.50 bits per heavy atom. The van der Waals surface area contributed by atoms with Crippen LogP contribution in [-0.2, 0) is 0 Å². The van der Waals surface area contributed by atoms with Gasteiger partial charge >= 0.3 is 0 Å². The molecule has 5 nitrogen and oxygen atoms in total. The minimum Gasteiger partial charge on any atom is -0.370 e. The molecule has 0 heterocycles. The van der Waals surface area contributed by atoms with E-state index in [0.29, 0.717) is 0 Å². The van der Waals surface area contributed by atoms with Gasteiger partial charge in [0.15, 0.2) is 6.23 Å². The Morgan fingerprint density at radius 1 is 1.90 bits per heavy atom. The summed E-state index contributed by atoms with van der Waals surface area (Å²) in [4.78, 5) is 3.35. The second kappa shape index (κ2) is 5.31. The Hall–Kier alpha value is -0.490. The first kappa shape index (κ1) is 9.51. The monoisotopic (exact) mass is 146 g/mol. The van der Waals surface area contributed by atoms with Crippen molar-refractivity contribution in [3.05, 3.63) is 0 Å². The molecule has 10 heavy (non-hydrogen) atoms. The zero-order valence-electron chi connectivity index (χ0n) is 6.12. The fourth-order valence-corrected chi connectivity index (χ4v) is 0.501. The Bertz CT molecular complexity index is 97.6. The number of hydrogen-bond acceptors (Lipinski definition) is 5. The molecule has 0 fully saturated rings. The van der Waals surface area contributed by atoms with Gasteiger partial charge in [-0.1, -0.05) is 6.92 Å². The molecule has 1 atom stereocenters. The minimum atomic E-state index is -0.816. The number of nitrogens with two attached hydrogens (primary N) is 1. The molecule has 0 amide bonds. The average Bonchev–Trinajstić information content (AvgIpc) is 1.88. The largest absolute Gasteiger partial charge is 0.370 e. The number of hydrazine groups is 2. The summed E-state index contributed by atoms with van der Waals surface area (Å²) in [5, 5.41) is 10.1. The van der Waals surface area contributed by atoms with Crippen LogP contribution in [0.1, 0.15) is 6.92 Å². The van der Waals surface area contributed by atoms with E-state index >= 15 is 0 Å². The Balaban J connectivity index is 3.36. The molecule has 0 aliphatic carbocycles. The van der Waals surface area contributed by atoms with Crippen LogP contribution >= 0.6 is 0 Å². The predicted octanol–water partition coefficient (Wildman–Crippen LogP) is -1.29. The lowest BCUT2D eigenvalue weighted by atomic mass is 10.6. The lowest BCUT2D eigenvalue weighted by Crippen LogP contribution is -2.47. The van der Waals surface area contributed by atoms with Crippen molar-refractivity contribution in [2.45, 2.75) is 13.2 Å². The summed E-state index contributed by atoms with van der Waals surface area (Å²) in [7, 11) is 0. The summed E-state index contributed by atoms with van der Waals surface area (Å²) in [5.74, 6) is 5.34. The van der Waals surface area contributed by atoms with Crippen molar-refractivity contribution in [3.63, 3.8) is 0 Å². The van der Waals surface area contributed by atoms with Crippen molar-refractivity contribution in [2.75, 3.05) is 13.1 Å². The second-order valence-corrected chi connectivity index (χ2v) is 1.83. The van der Waals surface area contributed by atoms with Crippen LogP contribution in [0.2, 0.25) is 0 Å². The molecule has 0 bridgehead atoms. The van der Waals surface area contributed by atoms with Gasteiger partial charge in [-0.3, -0.25) is 10.8 Å². The minimum absolute atomic E-state index is 0.247. The molecule has 0 spiro atoms. The van der Waals surface area contributed by atoms with Crippen molar-refractivity contribution in [3.8, 4) is 0 Å². The van der Waals surface area contributed by atoms with Gasteiger partial charge in [-0.15, -0.1) is 0 Å². The molecule has 0 saturated heterocycles. The zero-order valence-corrected chi connectivity index (χ0v) is 6.12. The fraction of sp³-hybridized carbons (Fsp3) is 0.800. The van der Waals surface area contributed by atoms with E-state index < -0.39 is 6.23 Å². The summed E-state index contributed by atoms with van der Waals surface area (Å²) in [6.07, 6.45) is -0.816. The van der Waals surface area contributed by atoms with E-state index in [0.717, 1.165) is 6.54 Å². The molecule has 0 aliphatic rings. The van der Waals surface area contributed by atoms with E-state index in [-0.39, 0.29) is 6.54 Å². The van der Waals surface area contributed by atoms with E-state index in [9.17, 15) is 0 Å². The van der Waals surface area contributed by atoms with Crippen LogP contribution in [0.15, 0.2) is 4.99 Å². The van der Waals surface area contributed by atoms with Crippen molar-refractivity contribution in [2.24, 2.45) is 10.8 Å². The number of rotatable bonds is 5. The number of hydrogen-bond donors (Lipinski definition) is 3. The normalized spacial score (nSPS) is 13.6. The van der Waals surface area contributed by atoms with Crippen molar-refractivity contribution in [1.82, 2.24) is 10.5 Å². The number of nitrogens with one attached hydrogen (secondary N) is 1. The summed E-state index contributed by atoms with van der Waals surface area (Å²) >= 11 is 0. The zero-order chi connectivity index (χ0) is 7.98. The van der Waals surface area contributed by atoms with Gasteiger partial charge in [0.05, 0.1) is 6.54 Å². The smallest absolute Gasteiger partial charge is 0.159 e. The summed E-state index contributed by atoms with van der Waals surface area (Å²) in [6.45, 7) is 6.04. The lowest BCUT2D eigenvalue weighted by molar-refractivity contribution is 0.0895. The van der Waals surface area contributed by atoms with Crippen molar-refractivity contribution < 1.29 is 5.11 Å². The molecular weight excluding hydrogens is 132 g/mol. The topological polar surface area (TPSA) is 73.9 Å². The average molecular weight is 146 g/mol. The first-order valence-electron chi connectivity index (χ1n) is 3.10. The molecule has 60 valence electrons. The van der Waals surface area contributed by atoms with Gasteiger partial charge in [-0.25, -0.2) is 5.43 Å². The van der Waals surface area contributed by atoms with Gasteiger partial charge in [0, 0.05) is 6.54 Å². The highest BCUT2D eigenvalue weighted by Crippen LogP contribution is 1.82. The van der Waals surface area contributed by atoms with E-state index in [4.69, 9.17) is 10.9 Å². The third-order valence-corrected chi connectivity index (χ3v) is 0.932. The van der Waals surface area contributed by atoms with Crippen LogP contribution in [0.3, 0.4) is 0 Å². The van der Waals surface area contributed by atoms with Crippen LogP contribution in [0.25, 0.3) is 0 Å². The molecule has 0 rings (SSSR count). The van der Waals surface area contributed by atoms with Gasteiger partial charge in [-0.05, 0) is 6.72 Å². The second-order valence-electron chi connectivity index (χ2n) is 1.83. The van der Waals surface area contributed by atoms with E-state index in [1.165, 1.54) is 5.12 Å². The number of aliphatic hydroxyl groups is 1. The third-order valence-electron chi connectivity index (χ3n) is 0.932. The predicted molar refractivity (Wildman–Crippen MR) is 40.1 cm³/mol. The van der Waals surface area contributed by atoms with Gasteiger partial charge in [0.2, 0.25) is 0 Å². The maximum absolute atomic E-state index is 8.86. The molecule has 5 heteroatoms. The molecule has 0 saturated carbocycles. The van der Waals surface area contributed by atoms with Crippen LogP contribution in [0.4, 0.5) is 0 Å². The molecule has 0 aromatic rings. The number of aliphatic imine (C=N–C) groups is 1. The van der Waals surface area contributed by atoms with Crippen LogP contribution < -0.4 is 11.3 Å². The number of nitrogens with zero attached hydrogens (tertiary/aromatic N) is 2. The molecule has 0 aliphatic heterocycles. The van der Waals surface area contributed by atoms with E-state index in [1.807, 2.05) is 6.92 Å². The van der Waals surface area contributed by atoms with Gasteiger partial charge < -0.3 is 5.11 Å². The highest BCUT2D eigenvalue weighted by atomic mass is 16.3. The van der Waals surface area contributed by atoms with Gasteiger partial charge in [0.25, 0.3) is 0 Å². The van der Waals surface area contributed by atoms with Crippen molar-refractivity contribution in [1.29, 1.82) is 0 Å². The van der Waals surface area contributed by atoms with E-state index in [1.54, 1.807) is 0 Å². The summed E-state index contributed by atoms with van der Waals surface area (Å²) in [5.41, 5.74) is 2.77. The molecule has 1 unspecified atom stereocenters. The Labute approximate surface area is 60.5 Å². The Morgan fingerprint density at radius 3 is 2.90 bits per heavy atom. The van der Waals surface area contributed by atoms with Crippen LogP contribution in [-0.4, -0.2) is 36.3 Å². The lowest BCUT2D eigenvalue weighted by Gasteiger charge is -2.17. The molecular formula is C5H14N4O. The molecule has 4 N–H and O–H groups in total. The molecule has 0 aromatic carbocycles. The van der Waals surface area contributed by atoms with Crippen molar-refractivity contribution >= 4 is 6.72 Å².